The average Bonchev–Trinajstić information content (AvgIpc) is 2.43. The fraction of sp³-hybridized carbons (Fsp3) is 0.933. The van der Waals surface area contributed by atoms with Gasteiger partial charge in [0.05, 0.1) is 6.10 Å². The lowest BCUT2D eigenvalue weighted by atomic mass is 9.46. The molecule has 5 heteroatoms. The van der Waals surface area contributed by atoms with Crippen molar-refractivity contribution < 1.29 is 9.53 Å². The molecule has 1 amide bonds. The third-order valence-electron chi connectivity index (χ3n) is 5.29. The molecule has 0 bridgehead atoms. The van der Waals surface area contributed by atoms with Gasteiger partial charge in [0.2, 0.25) is 5.91 Å². The second-order valence-electron chi connectivity index (χ2n) is 7.28. The first-order valence-corrected chi connectivity index (χ1v) is 8.63. The standard InChI is InChI=1S/C15H28N2O2S/c1-13(2,20-5)9-17-12(18)15(16)10-7-6-8-19-11(10)14(15,3)4/h10-11H,6-9,16H2,1-5H3,(H,17,18). The fourth-order valence-electron chi connectivity index (χ4n) is 3.55. The molecule has 2 fully saturated rings. The van der Waals surface area contributed by atoms with Gasteiger partial charge in [-0.15, -0.1) is 0 Å². The Kier molecular flexibility index (Phi) is 4.17. The number of carbonyl (C=O) groups is 1. The number of amides is 1. The molecule has 3 atom stereocenters. The summed E-state index contributed by atoms with van der Waals surface area (Å²) in [7, 11) is 0. The van der Waals surface area contributed by atoms with Gasteiger partial charge in [-0.2, -0.15) is 11.8 Å². The highest BCUT2D eigenvalue weighted by molar-refractivity contribution is 7.99. The van der Waals surface area contributed by atoms with Gasteiger partial charge in [0.25, 0.3) is 0 Å². The molecule has 0 spiro atoms. The predicted octanol–water partition coefficient (Wildman–Crippen LogP) is 1.78. The first kappa shape index (κ1) is 16.1. The van der Waals surface area contributed by atoms with Crippen LogP contribution in [0.2, 0.25) is 0 Å². The quantitative estimate of drug-likeness (QED) is 0.830. The Balaban J connectivity index is 2.08. The summed E-state index contributed by atoms with van der Waals surface area (Å²) in [6, 6.07) is 0. The van der Waals surface area contributed by atoms with Crippen molar-refractivity contribution in [3.05, 3.63) is 0 Å². The predicted molar refractivity (Wildman–Crippen MR) is 83.8 cm³/mol. The van der Waals surface area contributed by atoms with Crippen molar-refractivity contribution in [3.63, 3.8) is 0 Å². The van der Waals surface area contributed by atoms with Crippen LogP contribution in [-0.4, -0.2) is 41.7 Å². The normalized spacial score (nSPS) is 35.9. The summed E-state index contributed by atoms with van der Waals surface area (Å²) in [5.41, 5.74) is 5.45. The molecule has 0 radical (unpaired) electrons. The van der Waals surface area contributed by atoms with Gasteiger partial charge in [0.15, 0.2) is 0 Å². The minimum atomic E-state index is -0.799. The lowest BCUT2D eigenvalue weighted by Crippen LogP contribution is -2.82. The Hall–Kier alpha value is -0.260. The summed E-state index contributed by atoms with van der Waals surface area (Å²) < 4.78 is 5.87. The summed E-state index contributed by atoms with van der Waals surface area (Å²) in [6.45, 7) is 9.79. The molecule has 2 rings (SSSR count). The van der Waals surface area contributed by atoms with E-state index in [4.69, 9.17) is 10.5 Å². The van der Waals surface area contributed by atoms with Gasteiger partial charge in [-0.05, 0) is 32.9 Å². The number of nitrogens with two attached hydrogens (primary N) is 1. The van der Waals surface area contributed by atoms with Crippen molar-refractivity contribution in [1.82, 2.24) is 5.32 Å². The van der Waals surface area contributed by atoms with Gasteiger partial charge >= 0.3 is 0 Å². The molecule has 1 aliphatic carbocycles. The molecular formula is C15H28N2O2S. The summed E-state index contributed by atoms with van der Waals surface area (Å²) in [5.74, 6) is 0.139. The van der Waals surface area contributed by atoms with Crippen LogP contribution in [0.3, 0.4) is 0 Å². The molecule has 3 unspecified atom stereocenters. The van der Waals surface area contributed by atoms with Crippen LogP contribution in [0, 0.1) is 11.3 Å². The van der Waals surface area contributed by atoms with E-state index >= 15 is 0 Å². The molecule has 0 aromatic heterocycles. The molecule has 0 aromatic carbocycles. The Morgan fingerprint density at radius 3 is 2.75 bits per heavy atom. The first-order valence-electron chi connectivity index (χ1n) is 7.41. The number of fused-ring (bicyclic) bond motifs is 1. The molecule has 2 aliphatic rings. The van der Waals surface area contributed by atoms with Crippen molar-refractivity contribution in [2.24, 2.45) is 17.1 Å². The van der Waals surface area contributed by atoms with E-state index in [-0.39, 0.29) is 28.1 Å². The smallest absolute Gasteiger partial charge is 0.241 e. The monoisotopic (exact) mass is 300 g/mol. The van der Waals surface area contributed by atoms with Crippen molar-refractivity contribution in [1.29, 1.82) is 0 Å². The molecule has 4 nitrogen and oxygen atoms in total. The van der Waals surface area contributed by atoms with E-state index in [1.807, 2.05) is 0 Å². The van der Waals surface area contributed by atoms with E-state index in [1.54, 1.807) is 11.8 Å². The Labute approximate surface area is 126 Å². The first-order chi connectivity index (χ1) is 9.17. The number of rotatable bonds is 4. The Bertz CT molecular complexity index is 397. The maximum atomic E-state index is 12.7. The third kappa shape index (κ3) is 2.28. The molecule has 116 valence electrons. The van der Waals surface area contributed by atoms with Gasteiger partial charge in [0, 0.05) is 29.2 Å². The average molecular weight is 300 g/mol. The SMILES string of the molecule is CSC(C)(C)CNC(=O)C1(N)C2CCCOC2C1(C)C. The molecule has 1 saturated carbocycles. The minimum absolute atomic E-state index is 0.0172. The van der Waals surface area contributed by atoms with Gasteiger partial charge in [-0.25, -0.2) is 0 Å². The van der Waals surface area contributed by atoms with Crippen molar-refractivity contribution in [3.8, 4) is 0 Å². The Morgan fingerprint density at radius 2 is 2.15 bits per heavy atom. The molecule has 1 heterocycles. The Morgan fingerprint density at radius 1 is 1.50 bits per heavy atom. The molecule has 1 aliphatic heterocycles. The number of ether oxygens (including phenoxy) is 1. The molecule has 20 heavy (non-hydrogen) atoms. The van der Waals surface area contributed by atoms with Crippen LogP contribution < -0.4 is 11.1 Å². The van der Waals surface area contributed by atoms with Crippen LogP contribution in [0.25, 0.3) is 0 Å². The summed E-state index contributed by atoms with van der Waals surface area (Å²) in [4.78, 5) is 12.7. The zero-order chi connectivity index (χ0) is 15.2. The molecular weight excluding hydrogens is 272 g/mol. The summed E-state index contributed by atoms with van der Waals surface area (Å²) in [5, 5.41) is 3.06. The topological polar surface area (TPSA) is 64.4 Å². The van der Waals surface area contributed by atoms with E-state index in [0.29, 0.717) is 6.54 Å². The van der Waals surface area contributed by atoms with E-state index in [9.17, 15) is 4.79 Å². The van der Waals surface area contributed by atoms with E-state index < -0.39 is 5.54 Å². The highest BCUT2D eigenvalue weighted by Crippen LogP contribution is 2.57. The zero-order valence-corrected chi connectivity index (χ0v) is 14.1. The van der Waals surface area contributed by atoms with Crippen LogP contribution in [0.15, 0.2) is 0 Å². The van der Waals surface area contributed by atoms with Crippen LogP contribution in [0.5, 0.6) is 0 Å². The number of carbonyl (C=O) groups excluding carboxylic acids is 1. The van der Waals surface area contributed by atoms with E-state index in [1.165, 1.54) is 0 Å². The number of thioether (sulfide) groups is 1. The maximum absolute atomic E-state index is 12.7. The second kappa shape index (κ2) is 5.18. The molecule has 1 saturated heterocycles. The number of nitrogens with one attached hydrogen (secondary N) is 1. The number of hydrogen-bond acceptors (Lipinski definition) is 4. The van der Waals surface area contributed by atoms with E-state index in [0.717, 1.165) is 19.4 Å². The van der Waals surface area contributed by atoms with Crippen LogP contribution in [0.4, 0.5) is 0 Å². The van der Waals surface area contributed by atoms with Crippen LogP contribution >= 0.6 is 11.8 Å². The van der Waals surface area contributed by atoms with Crippen LogP contribution in [-0.2, 0) is 9.53 Å². The molecule has 3 N–H and O–H groups in total. The highest BCUT2D eigenvalue weighted by atomic mass is 32.2. The van der Waals surface area contributed by atoms with Crippen LogP contribution in [0.1, 0.15) is 40.5 Å². The summed E-state index contributed by atoms with van der Waals surface area (Å²) in [6.07, 6.45) is 4.17. The molecule has 0 aromatic rings. The van der Waals surface area contributed by atoms with Gasteiger partial charge in [-0.1, -0.05) is 13.8 Å². The highest BCUT2D eigenvalue weighted by Gasteiger charge is 2.70. The second-order valence-corrected chi connectivity index (χ2v) is 8.79. The lowest BCUT2D eigenvalue weighted by Gasteiger charge is -2.65. The largest absolute Gasteiger partial charge is 0.377 e. The van der Waals surface area contributed by atoms with E-state index in [2.05, 4.69) is 39.3 Å². The van der Waals surface area contributed by atoms with Gasteiger partial charge < -0.3 is 15.8 Å². The summed E-state index contributed by atoms with van der Waals surface area (Å²) >= 11 is 1.75. The van der Waals surface area contributed by atoms with Crippen molar-refractivity contribution in [2.75, 3.05) is 19.4 Å². The van der Waals surface area contributed by atoms with Gasteiger partial charge in [-0.3, -0.25) is 4.79 Å². The minimum Gasteiger partial charge on any atom is -0.377 e. The zero-order valence-electron chi connectivity index (χ0n) is 13.3. The fourth-order valence-corrected chi connectivity index (χ4v) is 3.76. The lowest BCUT2D eigenvalue weighted by molar-refractivity contribution is -0.225. The van der Waals surface area contributed by atoms with Crippen molar-refractivity contribution >= 4 is 17.7 Å². The third-order valence-corrected chi connectivity index (χ3v) is 6.54. The number of hydrogen-bond donors (Lipinski definition) is 2. The van der Waals surface area contributed by atoms with Gasteiger partial charge in [0.1, 0.15) is 5.54 Å². The maximum Gasteiger partial charge on any atom is 0.241 e. The van der Waals surface area contributed by atoms with Crippen molar-refractivity contribution in [2.45, 2.75) is 56.9 Å².